The van der Waals surface area contributed by atoms with Crippen LogP contribution in [0, 0.1) is 0 Å². The molecule has 22 heavy (non-hydrogen) atoms. The molecular weight excluding hydrogens is 282 g/mol. The highest BCUT2D eigenvalue weighted by Gasteiger charge is 2.31. The van der Waals surface area contributed by atoms with Crippen molar-refractivity contribution in [1.82, 2.24) is 10.3 Å². The predicted molar refractivity (Wildman–Crippen MR) is 81.0 cm³/mol. The fourth-order valence-electron chi connectivity index (χ4n) is 2.31. The van der Waals surface area contributed by atoms with E-state index in [1.165, 1.54) is 7.11 Å². The van der Waals surface area contributed by atoms with E-state index in [2.05, 4.69) is 15.0 Å². The van der Waals surface area contributed by atoms with E-state index in [-0.39, 0.29) is 0 Å². The molecule has 1 unspecified atom stereocenters. The summed E-state index contributed by atoms with van der Waals surface area (Å²) in [7, 11) is 1.23. The SMILES string of the molecule is COC(=O)N[C@H](C(N)=O)C(c1ccccc1)c1ccncc1. The van der Waals surface area contributed by atoms with E-state index in [0.29, 0.717) is 0 Å². The van der Waals surface area contributed by atoms with Gasteiger partial charge in [0.05, 0.1) is 7.11 Å². The maximum absolute atomic E-state index is 11.9. The number of aromatic nitrogens is 1. The Morgan fingerprint density at radius 2 is 1.68 bits per heavy atom. The van der Waals surface area contributed by atoms with Crippen molar-refractivity contribution in [2.45, 2.75) is 12.0 Å². The van der Waals surface area contributed by atoms with Crippen molar-refractivity contribution in [1.29, 1.82) is 0 Å². The number of nitrogens with one attached hydrogen (secondary N) is 1. The number of nitrogens with zero attached hydrogens (tertiary/aromatic N) is 1. The van der Waals surface area contributed by atoms with Crippen LogP contribution in [0.5, 0.6) is 0 Å². The van der Waals surface area contributed by atoms with Crippen molar-refractivity contribution >= 4 is 12.0 Å². The Kier molecular flexibility index (Phi) is 5.08. The van der Waals surface area contributed by atoms with Crippen LogP contribution in [0.3, 0.4) is 0 Å². The van der Waals surface area contributed by atoms with Gasteiger partial charge in [-0.1, -0.05) is 30.3 Å². The summed E-state index contributed by atoms with van der Waals surface area (Å²) in [6.07, 6.45) is 2.54. The summed E-state index contributed by atoms with van der Waals surface area (Å²) < 4.78 is 4.58. The zero-order valence-electron chi connectivity index (χ0n) is 12.1. The Balaban J connectivity index is 2.46. The molecule has 0 aliphatic heterocycles. The Labute approximate surface area is 128 Å². The number of primary amides is 1. The average Bonchev–Trinajstić information content (AvgIpc) is 2.56. The zero-order valence-corrected chi connectivity index (χ0v) is 12.1. The number of hydrogen-bond acceptors (Lipinski definition) is 4. The highest BCUT2D eigenvalue weighted by atomic mass is 16.5. The molecule has 0 aliphatic rings. The van der Waals surface area contributed by atoms with E-state index in [0.717, 1.165) is 11.1 Å². The Bertz CT molecular complexity index is 592. The van der Waals surface area contributed by atoms with Gasteiger partial charge in [0.25, 0.3) is 0 Å². The van der Waals surface area contributed by atoms with Crippen LogP contribution in [0.15, 0.2) is 54.9 Å². The summed E-state index contributed by atoms with van der Waals surface area (Å²) in [4.78, 5) is 27.4. The van der Waals surface area contributed by atoms with E-state index < -0.39 is 24.0 Å². The molecule has 0 saturated heterocycles. The van der Waals surface area contributed by atoms with Crippen LogP contribution in [0.1, 0.15) is 17.0 Å². The third-order valence-corrected chi connectivity index (χ3v) is 3.32. The number of benzene rings is 1. The first-order valence-corrected chi connectivity index (χ1v) is 6.72. The van der Waals surface area contributed by atoms with Gasteiger partial charge in [0.15, 0.2) is 0 Å². The van der Waals surface area contributed by atoms with E-state index in [1.54, 1.807) is 24.5 Å². The van der Waals surface area contributed by atoms with E-state index in [1.807, 2.05) is 30.3 Å². The first-order chi connectivity index (χ1) is 10.6. The summed E-state index contributed by atoms with van der Waals surface area (Å²) in [5.74, 6) is -1.07. The van der Waals surface area contributed by atoms with Crippen LogP contribution >= 0.6 is 0 Å². The quantitative estimate of drug-likeness (QED) is 0.873. The largest absolute Gasteiger partial charge is 0.453 e. The molecule has 2 rings (SSSR count). The normalized spacial score (nSPS) is 13.0. The van der Waals surface area contributed by atoms with Crippen molar-refractivity contribution in [3.8, 4) is 0 Å². The van der Waals surface area contributed by atoms with Crippen molar-refractivity contribution in [2.24, 2.45) is 5.73 Å². The molecule has 114 valence electrons. The molecule has 0 radical (unpaired) electrons. The lowest BCUT2D eigenvalue weighted by atomic mass is 9.85. The van der Waals surface area contributed by atoms with Crippen molar-refractivity contribution in [3.05, 3.63) is 66.0 Å². The average molecular weight is 299 g/mol. The van der Waals surface area contributed by atoms with E-state index in [4.69, 9.17) is 5.73 Å². The van der Waals surface area contributed by atoms with Crippen LogP contribution in [0.25, 0.3) is 0 Å². The highest BCUT2D eigenvalue weighted by Crippen LogP contribution is 2.27. The summed E-state index contributed by atoms with van der Waals surface area (Å²) in [6.45, 7) is 0. The second-order valence-electron chi connectivity index (χ2n) is 4.68. The summed E-state index contributed by atoms with van der Waals surface area (Å²) in [5, 5.41) is 2.51. The van der Waals surface area contributed by atoms with Gasteiger partial charge in [-0.3, -0.25) is 9.78 Å². The van der Waals surface area contributed by atoms with Crippen molar-refractivity contribution < 1.29 is 14.3 Å². The summed E-state index contributed by atoms with van der Waals surface area (Å²) >= 11 is 0. The summed E-state index contributed by atoms with van der Waals surface area (Å²) in [5.41, 5.74) is 7.17. The smallest absolute Gasteiger partial charge is 0.407 e. The van der Waals surface area contributed by atoms with Gasteiger partial charge in [0.1, 0.15) is 6.04 Å². The third-order valence-electron chi connectivity index (χ3n) is 3.32. The fraction of sp³-hybridized carbons (Fsp3) is 0.188. The minimum Gasteiger partial charge on any atom is -0.453 e. The number of ether oxygens (including phenoxy) is 1. The zero-order chi connectivity index (χ0) is 15.9. The maximum Gasteiger partial charge on any atom is 0.407 e. The van der Waals surface area contributed by atoms with Gasteiger partial charge in [0.2, 0.25) is 5.91 Å². The van der Waals surface area contributed by atoms with Gasteiger partial charge in [-0.05, 0) is 23.3 Å². The molecule has 0 bridgehead atoms. The molecule has 1 aromatic heterocycles. The number of nitrogens with two attached hydrogens (primary N) is 1. The van der Waals surface area contributed by atoms with Gasteiger partial charge in [-0.25, -0.2) is 4.79 Å². The number of carbonyl (C=O) groups excluding carboxylic acids is 2. The van der Waals surface area contributed by atoms with Gasteiger partial charge >= 0.3 is 6.09 Å². The molecule has 0 saturated carbocycles. The van der Waals surface area contributed by atoms with E-state index in [9.17, 15) is 9.59 Å². The fourth-order valence-corrected chi connectivity index (χ4v) is 2.31. The number of amides is 2. The molecule has 0 fully saturated rings. The minimum absolute atomic E-state index is 0.430. The highest BCUT2D eigenvalue weighted by molar-refractivity contribution is 5.86. The van der Waals surface area contributed by atoms with Gasteiger partial charge < -0.3 is 15.8 Å². The molecule has 2 amide bonds. The first kappa shape index (κ1) is 15.5. The standard InChI is InChI=1S/C16H17N3O3/c1-22-16(21)19-14(15(17)20)13(11-5-3-2-4-6-11)12-7-9-18-10-8-12/h2-10,13-14H,1H3,(H2,17,20)(H,19,21)/t13?,14-/m0/s1. The second-order valence-corrected chi connectivity index (χ2v) is 4.68. The van der Waals surface area contributed by atoms with Crippen LogP contribution in [-0.4, -0.2) is 30.1 Å². The molecule has 0 aliphatic carbocycles. The third kappa shape index (κ3) is 3.60. The molecule has 2 atom stereocenters. The topological polar surface area (TPSA) is 94.3 Å². The second kappa shape index (κ2) is 7.21. The number of rotatable bonds is 5. The number of pyridine rings is 1. The Hall–Kier alpha value is -2.89. The summed E-state index contributed by atoms with van der Waals surface area (Å²) in [6, 6.07) is 12.0. The molecule has 3 N–H and O–H groups in total. The lowest BCUT2D eigenvalue weighted by Crippen LogP contribution is -2.48. The number of alkyl carbamates (subject to hydrolysis) is 1. The molecular formula is C16H17N3O3. The van der Waals surface area contributed by atoms with Crippen LogP contribution in [-0.2, 0) is 9.53 Å². The molecule has 1 heterocycles. The van der Waals surface area contributed by atoms with Gasteiger partial charge in [-0.2, -0.15) is 0 Å². The predicted octanol–water partition coefficient (Wildman–Crippen LogP) is 1.42. The lowest BCUT2D eigenvalue weighted by molar-refractivity contribution is -0.120. The van der Waals surface area contributed by atoms with Crippen LogP contribution in [0.4, 0.5) is 4.79 Å². The maximum atomic E-state index is 11.9. The van der Waals surface area contributed by atoms with Gasteiger partial charge in [-0.15, -0.1) is 0 Å². The number of carbonyl (C=O) groups is 2. The lowest BCUT2D eigenvalue weighted by Gasteiger charge is -2.26. The monoisotopic (exact) mass is 299 g/mol. The van der Waals surface area contributed by atoms with Gasteiger partial charge in [0, 0.05) is 18.3 Å². The molecule has 6 nitrogen and oxygen atoms in total. The number of hydrogen-bond donors (Lipinski definition) is 2. The Morgan fingerprint density at radius 3 is 2.23 bits per heavy atom. The number of methoxy groups -OCH3 is 1. The molecule has 1 aromatic carbocycles. The van der Waals surface area contributed by atoms with Crippen molar-refractivity contribution in [3.63, 3.8) is 0 Å². The molecule has 2 aromatic rings. The Morgan fingerprint density at radius 1 is 1.09 bits per heavy atom. The van der Waals surface area contributed by atoms with Crippen molar-refractivity contribution in [2.75, 3.05) is 7.11 Å². The molecule has 6 heteroatoms. The van der Waals surface area contributed by atoms with Crippen LogP contribution in [0.2, 0.25) is 0 Å². The van der Waals surface area contributed by atoms with E-state index >= 15 is 0 Å². The first-order valence-electron chi connectivity index (χ1n) is 6.72. The molecule has 0 spiro atoms. The minimum atomic E-state index is -0.933. The van der Waals surface area contributed by atoms with Crippen LogP contribution < -0.4 is 11.1 Å².